The maximum absolute atomic E-state index is 13.2. The summed E-state index contributed by atoms with van der Waals surface area (Å²) >= 11 is 0. The minimum atomic E-state index is -0.869. The molecule has 2 aromatic rings. The molecule has 0 aliphatic carbocycles. The average molecular weight is 293 g/mol. The molecule has 3 nitrogen and oxygen atoms in total. The monoisotopic (exact) mass is 293 g/mol. The summed E-state index contributed by atoms with van der Waals surface area (Å²) in [7, 11) is 3.10. The fraction of sp³-hybridized carbons (Fsp3) is 0.250. The summed E-state index contributed by atoms with van der Waals surface area (Å²) < 4.78 is 36.5. The van der Waals surface area contributed by atoms with Gasteiger partial charge in [-0.15, -0.1) is 0 Å². The molecule has 0 saturated carbocycles. The summed E-state index contributed by atoms with van der Waals surface area (Å²) in [5.41, 5.74) is 7.58. The van der Waals surface area contributed by atoms with Crippen molar-refractivity contribution in [1.82, 2.24) is 0 Å². The van der Waals surface area contributed by atoms with Gasteiger partial charge in [-0.25, -0.2) is 8.78 Å². The number of rotatable bonds is 5. The average Bonchev–Trinajstić information content (AvgIpc) is 2.50. The summed E-state index contributed by atoms with van der Waals surface area (Å²) in [4.78, 5) is 0. The van der Waals surface area contributed by atoms with Gasteiger partial charge in [0, 0.05) is 6.04 Å². The van der Waals surface area contributed by atoms with Crippen LogP contribution in [0.4, 0.5) is 8.78 Å². The van der Waals surface area contributed by atoms with Gasteiger partial charge in [0.2, 0.25) is 0 Å². The Kier molecular flexibility index (Phi) is 4.75. The lowest BCUT2D eigenvalue weighted by Gasteiger charge is -2.15. The topological polar surface area (TPSA) is 44.5 Å². The van der Waals surface area contributed by atoms with Crippen LogP contribution >= 0.6 is 0 Å². The standard InChI is InChI=1S/C16H17F2NO2/c1-20-15-6-4-11(9-16(15)21-2)14(19)8-10-3-5-12(17)13(18)7-10/h3-7,9,14H,8,19H2,1-2H3. The summed E-state index contributed by atoms with van der Waals surface area (Å²) in [6, 6.07) is 8.81. The molecule has 0 bridgehead atoms. The van der Waals surface area contributed by atoms with E-state index < -0.39 is 11.6 Å². The molecule has 5 heteroatoms. The lowest BCUT2D eigenvalue weighted by Crippen LogP contribution is -2.13. The van der Waals surface area contributed by atoms with E-state index in [9.17, 15) is 8.78 Å². The first-order valence-corrected chi connectivity index (χ1v) is 6.46. The van der Waals surface area contributed by atoms with Gasteiger partial charge in [-0.1, -0.05) is 12.1 Å². The predicted octanol–water partition coefficient (Wildman–Crippen LogP) is 3.22. The Hall–Kier alpha value is -2.14. The van der Waals surface area contributed by atoms with Crippen LogP contribution in [-0.4, -0.2) is 14.2 Å². The first kappa shape index (κ1) is 15.3. The molecule has 2 aromatic carbocycles. The highest BCUT2D eigenvalue weighted by atomic mass is 19.2. The van der Waals surface area contributed by atoms with Crippen LogP contribution in [0.25, 0.3) is 0 Å². The van der Waals surface area contributed by atoms with Crippen LogP contribution in [0.2, 0.25) is 0 Å². The molecule has 112 valence electrons. The number of benzene rings is 2. The third-order valence-corrected chi connectivity index (χ3v) is 3.28. The molecule has 0 amide bonds. The number of nitrogens with two attached hydrogens (primary N) is 1. The van der Waals surface area contributed by atoms with Crippen molar-refractivity contribution in [3.8, 4) is 11.5 Å². The third kappa shape index (κ3) is 3.49. The fourth-order valence-electron chi connectivity index (χ4n) is 2.12. The van der Waals surface area contributed by atoms with E-state index in [4.69, 9.17) is 15.2 Å². The lowest BCUT2D eigenvalue weighted by atomic mass is 9.99. The second kappa shape index (κ2) is 6.54. The van der Waals surface area contributed by atoms with Crippen LogP contribution in [0.3, 0.4) is 0 Å². The van der Waals surface area contributed by atoms with Crippen LogP contribution in [0.15, 0.2) is 36.4 Å². The molecule has 0 aliphatic rings. The van der Waals surface area contributed by atoms with Gasteiger partial charge in [-0.05, 0) is 41.8 Å². The Morgan fingerprint density at radius 2 is 1.67 bits per heavy atom. The van der Waals surface area contributed by atoms with E-state index in [0.717, 1.165) is 17.7 Å². The zero-order valence-electron chi connectivity index (χ0n) is 11.9. The molecule has 0 radical (unpaired) electrons. The largest absolute Gasteiger partial charge is 0.493 e. The van der Waals surface area contributed by atoms with Gasteiger partial charge in [0.05, 0.1) is 14.2 Å². The molecule has 1 unspecified atom stereocenters. The molecular formula is C16H17F2NO2. The van der Waals surface area contributed by atoms with E-state index in [1.54, 1.807) is 26.4 Å². The van der Waals surface area contributed by atoms with E-state index >= 15 is 0 Å². The Morgan fingerprint density at radius 1 is 0.952 bits per heavy atom. The minimum Gasteiger partial charge on any atom is -0.493 e. The van der Waals surface area contributed by atoms with E-state index in [1.165, 1.54) is 6.07 Å². The van der Waals surface area contributed by atoms with Crippen LogP contribution in [0.1, 0.15) is 17.2 Å². The summed E-state index contributed by atoms with van der Waals surface area (Å²) in [6.07, 6.45) is 0.396. The Balaban J connectivity index is 2.19. The van der Waals surface area contributed by atoms with Crippen molar-refractivity contribution in [2.45, 2.75) is 12.5 Å². The smallest absolute Gasteiger partial charge is 0.161 e. The van der Waals surface area contributed by atoms with Gasteiger partial charge in [0.1, 0.15) is 0 Å². The highest BCUT2D eigenvalue weighted by Crippen LogP contribution is 2.30. The van der Waals surface area contributed by atoms with Gasteiger partial charge < -0.3 is 15.2 Å². The van der Waals surface area contributed by atoms with Crippen LogP contribution in [-0.2, 0) is 6.42 Å². The molecule has 0 heterocycles. The van der Waals surface area contributed by atoms with Crippen molar-refractivity contribution < 1.29 is 18.3 Å². The second-order valence-corrected chi connectivity index (χ2v) is 4.67. The van der Waals surface area contributed by atoms with Crippen molar-refractivity contribution in [1.29, 1.82) is 0 Å². The molecule has 0 spiro atoms. The molecule has 2 N–H and O–H groups in total. The Labute approximate surface area is 122 Å². The number of ether oxygens (including phenoxy) is 2. The van der Waals surface area contributed by atoms with Crippen LogP contribution in [0, 0.1) is 11.6 Å². The fourth-order valence-corrected chi connectivity index (χ4v) is 2.12. The van der Waals surface area contributed by atoms with Gasteiger partial charge in [-0.3, -0.25) is 0 Å². The molecule has 21 heavy (non-hydrogen) atoms. The highest BCUT2D eigenvalue weighted by Gasteiger charge is 2.12. The zero-order chi connectivity index (χ0) is 15.4. The predicted molar refractivity (Wildman–Crippen MR) is 76.5 cm³/mol. The van der Waals surface area contributed by atoms with Crippen molar-refractivity contribution >= 4 is 0 Å². The van der Waals surface area contributed by atoms with E-state index in [1.807, 2.05) is 6.07 Å². The van der Waals surface area contributed by atoms with Gasteiger partial charge in [-0.2, -0.15) is 0 Å². The molecule has 2 rings (SSSR count). The van der Waals surface area contributed by atoms with E-state index in [0.29, 0.717) is 23.5 Å². The quantitative estimate of drug-likeness (QED) is 0.920. The molecule has 0 saturated heterocycles. The van der Waals surface area contributed by atoms with Crippen molar-refractivity contribution in [2.75, 3.05) is 14.2 Å². The Bertz CT molecular complexity index is 632. The van der Waals surface area contributed by atoms with Gasteiger partial charge in [0.25, 0.3) is 0 Å². The molecule has 0 aromatic heterocycles. The summed E-state index contributed by atoms with van der Waals surface area (Å²) in [5.74, 6) is -0.539. The maximum Gasteiger partial charge on any atom is 0.161 e. The number of halogens is 2. The number of hydrogen-bond donors (Lipinski definition) is 1. The highest BCUT2D eigenvalue weighted by molar-refractivity contribution is 5.44. The van der Waals surface area contributed by atoms with Crippen molar-refractivity contribution in [3.05, 3.63) is 59.2 Å². The number of methoxy groups -OCH3 is 2. The minimum absolute atomic E-state index is 0.352. The zero-order valence-corrected chi connectivity index (χ0v) is 11.9. The second-order valence-electron chi connectivity index (χ2n) is 4.67. The van der Waals surface area contributed by atoms with Crippen molar-refractivity contribution in [2.24, 2.45) is 5.73 Å². The van der Waals surface area contributed by atoms with Crippen LogP contribution < -0.4 is 15.2 Å². The van der Waals surface area contributed by atoms with Gasteiger partial charge in [0.15, 0.2) is 23.1 Å². The maximum atomic E-state index is 13.2. The van der Waals surface area contributed by atoms with Gasteiger partial charge >= 0.3 is 0 Å². The molecular weight excluding hydrogens is 276 g/mol. The van der Waals surface area contributed by atoms with Crippen molar-refractivity contribution in [3.63, 3.8) is 0 Å². The molecule has 0 fully saturated rings. The number of hydrogen-bond acceptors (Lipinski definition) is 3. The van der Waals surface area contributed by atoms with Crippen LogP contribution in [0.5, 0.6) is 11.5 Å². The van der Waals surface area contributed by atoms with E-state index in [2.05, 4.69) is 0 Å². The molecule has 0 aliphatic heterocycles. The normalized spacial score (nSPS) is 12.0. The third-order valence-electron chi connectivity index (χ3n) is 3.28. The summed E-state index contributed by atoms with van der Waals surface area (Å²) in [6.45, 7) is 0. The summed E-state index contributed by atoms with van der Waals surface area (Å²) in [5, 5.41) is 0. The van der Waals surface area contributed by atoms with E-state index in [-0.39, 0.29) is 6.04 Å². The lowest BCUT2D eigenvalue weighted by molar-refractivity contribution is 0.354. The molecule has 1 atom stereocenters. The SMILES string of the molecule is COc1ccc(C(N)Cc2ccc(F)c(F)c2)cc1OC. The Morgan fingerprint density at radius 3 is 2.29 bits per heavy atom. The first-order chi connectivity index (χ1) is 10.0. The first-order valence-electron chi connectivity index (χ1n) is 6.46.